The Morgan fingerprint density at radius 2 is 2.00 bits per heavy atom. The number of hydrogen-bond acceptors (Lipinski definition) is 3. The van der Waals surface area contributed by atoms with Gasteiger partial charge < -0.3 is 0 Å². The largest absolute Gasteiger partial charge is 0.300 e. The highest BCUT2D eigenvalue weighted by molar-refractivity contribution is 5.86. The molecule has 4 nitrogen and oxygen atoms in total. The first-order chi connectivity index (χ1) is 8.20. The van der Waals surface area contributed by atoms with E-state index in [9.17, 15) is 4.79 Å². The number of amides is 1. The Morgan fingerprint density at radius 3 is 2.47 bits per heavy atom. The zero-order valence-electron chi connectivity index (χ0n) is 10.3. The van der Waals surface area contributed by atoms with Crippen LogP contribution in [-0.2, 0) is 11.2 Å². The molecule has 0 bridgehead atoms. The van der Waals surface area contributed by atoms with Crippen molar-refractivity contribution in [3.8, 4) is 0 Å². The summed E-state index contributed by atoms with van der Waals surface area (Å²) in [7, 11) is 0. The minimum atomic E-state index is 0.0368. The Kier molecular flexibility index (Phi) is 3.42. The molecule has 0 spiro atoms. The van der Waals surface area contributed by atoms with Crippen LogP contribution in [0.4, 0.5) is 5.69 Å². The molecule has 0 fully saturated rings. The van der Waals surface area contributed by atoms with Gasteiger partial charge in [0.2, 0.25) is 5.91 Å². The summed E-state index contributed by atoms with van der Waals surface area (Å²) in [5, 5.41) is 6.19. The second kappa shape index (κ2) is 4.99. The molecular weight excluding hydrogens is 214 g/mol. The predicted octanol–water partition coefficient (Wildman–Crippen LogP) is 1.86. The Morgan fingerprint density at radius 1 is 1.29 bits per heavy atom. The van der Waals surface area contributed by atoms with E-state index in [-0.39, 0.29) is 5.91 Å². The normalized spacial score (nSPS) is 15.2. The molecular formula is C13H17N3O. The van der Waals surface area contributed by atoms with Crippen LogP contribution in [0.1, 0.15) is 19.4 Å². The summed E-state index contributed by atoms with van der Waals surface area (Å²) in [5.41, 5.74) is 2.39. The number of carbonyl (C=O) groups excluding carboxylic acids is 1. The van der Waals surface area contributed by atoms with Crippen molar-refractivity contribution in [1.82, 2.24) is 4.90 Å². The molecule has 1 aromatic rings. The third kappa shape index (κ3) is 2.64. The van der Waals surface area contributed by atoms with Crippen LogP contribution in [0.15, 0.2) is 29.4 Å². The van der Waals surface area contributed by atoms with Crippen LogP contribution in [0.3, 0.4) is 0 Å². The second-order valence-corrected chi connectivity index (χ2v) is 4.09. The first-order valence-corrected chi connectivity index (χ1v) is 5.88. The van der Waals surface area contributed by atoms with Crippen LogP contribution >= 0.6 is 0 Å². The zero-order valence-corrected chi connectivity index (χ0v) is 10.3. The molecule has 0 saturated heterocycles. The highest BCUT2D eigenvalue weighted by Gasteiger charge is 2.14. The highest BCUT2D eigenvalue weighted by Crippen LogP contribution is 2.17. The third-order valence-corrected chi connectivity index (χ3v) is 2.93. The van der Waals surface area contributed by atoms with Crippen LogP contribution in [0.25, 0.3) is 0 Å². The van der Waals surface area contributed by atoms with E-state index in [0.717, 1.165) is 18.7 Å². The fraction of sp³-hybridized carbons (Fsp3) is 0.385. The summed E-state index contributed by atoms with van der Waals surface area (Å²) in [6, 6.07) is 8.36. The van der Waals surface area contributed by atoms with Crippen molar-refractivity contribution in [2.45, 2.75) is 20.3 Å². The number of aryl methyl sites for hydroxylation is 1. The van der Waals surface area contributed by atoms with E-state index in [1.807, 2.05) is 5.01 Å². The van der Waals surface area contributed by atoms with Crippen LogP contribution in [0.5, 0.6) is 0 Å². The van der Waals surface area contributed by atoms with Crippen LogP contribution in [0, 0.1) is 0 Å². The van der Waals surface area contributed by atoms with Gasteiger partial charge in [0.1, 0.15) is 6.34 Å². The second-order valence-electron chi connectivity index (χ2n) is 4.09. The predicted molar refractivity (Wildman–Crippen MR) is 69.0 cm³/mol. The fourth-order valence-electron chi connectivity index (χ4n) is 1.78. The first-order valence-electron chi connectivity index (χ1n) is 5.88. The van der Waals surface area contributed by atoms with Crippen molar-refractivity contribution in [3.63, 3.8) is 0 Å². The van der Waals surface area contributed by atoms with Crippen molar-refractivity contribution in [3.05, 3.63) is 29.8 Å². The van der Waals surface area contributed by atoms with Gasteiger partial charge >= 0.3 is 0 Å². The summed E-state index contributed by atoms with van der Waals surface area (Å²) < 4.78 is 0. The van der Waals surface area contributed by atoms with Gasteiger partial charge in [-0.3, -0.25) is 14.7 Å². The smallest absolute Gasteiger partial charge is 0.224 e. The van der Waals surface area contributed by atoms with Crippen molar-refractivity contribution < 1.29 is 4.79 Å². The van der Waals surface area contributed by atoms with Crippen LogP contribution in [-0.4, -0.2) is 30.2 Å². The van der Waals surface area contributed by atoms with Gasteiger partial charge in [0.05, 0.1) is 12.2 Å². The van der Waals surface area contributed by atoms with E-state index >= 15 is 0 Å². The van der Waals surface area contributed by atoms with Gasteiger partial charge in [0.25, 0.3) is 0 Å². The van der Waals surface area contributed by atoms with Crippen molar-refractivity contribution in [2.24, 2.45) is 5.10 Å². The molecule has 0 aromatic heterocycles. The lowest BCUT2D eigenvalue weighted by Gasteiger charge is -2.28. The standard InChI is InChI=1S/C13H17N3O/c1-3-12-4-6-13(7-5-12)16-9-8-15(10-14-16)11(2)17/h4-7,10H,3,8-9H2,1-2H3. The molecule has 0 saturated carbocycles. The molecule has 0 unspecified atom stereocenters. The average Bonchev–Trinajstić information content (AvgIpc) is 2.39. The molecule has 1 aromatic carbocycles. The van der Waals surface area contributed by atoms with Crippen LogP contribution in [0.2, 0.25) is 0 Å². The molecule has 1 amide bonds. The van der Waals surface area contributed by atoms with E-state index in [4.69, 9.17) is 0 Å². The Labute approximate surface area is 102 Å². The lowest BCUT2D eigenvalue weighted by Crippen LogP contribution is -2.40. The van der Waals surface area contributed by atoms with Crippen LogP contribution < -0.4 is 5.01 Å². The van der Waals surface area contributed by atoms with Crippen molar-refractivity contribution in [2.75, 3.05) is 18.1 Å². The number of hydrogen-bond donors (Lipinski definition) is 0. The van der Waals surface area contributed by atoms with E-state index in [1.54, 1.807) is 18.2 Å². The monoisotopic (exact) mass is 231 g/mol. The Balaban J connectivity index is 2.09. The van der Waals surface area contributed by atoms with E-state index in [2.05, 4.69) is 36.3 Å². The maximum absolute atomic E-state index is 11.1. The number of hydrazone groups is 1. The van der Waals surface area contributed by atoms with Gasteiger partial charge in [0.15, 0.2) is 0 Å². The molecule has 1 aliphatic heterocycles. The van der Waals surface area contributed by atoms with E-state index in [0.29, 0.717) is 6.54 Å². The molecule has 1 heterocycles. The number of benzene rings is 1. The molecule has 17 heavy (non-hydrogen) atoms. The van der Waals surface area contributed by atoms with E-state index in [1.165, 1.54) is 5.56 Å². The SMILES string of the molecule is CCc1ccc(N2CCN(C(C)=O)C=N2)cc1. The summed E-state index contributed by atoms with van der Waals surface area (Å²) >= 11 is 0. The summed E-state index contributed by atoms with van der Waals surface area (Å²) in [5.74, 6) is 0.0368. The highest BCUT2D eigenvalue weighted by atomic mass is 16.2. The minimum absolute atomic E-state index is 0.0368. The van der Waals surface area contributed by atoms with Gasteiger partial charge in [0, 0.05) is 13.5 Å². The number of nitrogens with zero attached hydrogens (tertiary/aromatic N) is 3. The molecule has 0 radical (unpaired) electrons. The average molecular weight is 231 g/mol. The van der Waals surface area contributed by atoms with E-state index < -0.39 is 0 Å². The lowest BCUT2D eigenvalue weighted by atomic mass is 10.1. The van der Waals surface area contributed by atoms with Gasteiger partial charge in [-0.25, -0.2) is 0 Å². The quantitative estimate of drug-likeness (QED) is 0.779. The molecule has 90 valence electrons. The molecule has 4 heteroatoms. The Bertz CT molecular complexity index is 425. The lowest BCUT2D eigenvalue weighted by molar-refractivity contribution is -0.124. The van der Waals surface area contributed by atoms with Gasteiger partial charge in [-0.05, 0) is 24.1 Å². The maximum atomic E-state index is 11.1. The molecule has 2 rings (SSSR count). The third-order valence-electron chi connectivity index (χ3n) is 2.93. The number of rotatable bonds is 2. The number of anilines is 1. The minimum Gasteiger partial charge on any atom is -0.300 e. The van der Waals surface area contributed by atoms with Crippen molar-refractivity contribution >= 4 is 17.9 Å². The van der Waals surface area contributed by atoms with Gasteiger partial charge in [-0.1, -0.05) is 19.1 Å². The maximum Gasteiger partial charge on any atom is 0.224 e. The summed E-state index contributed by atoms with van der Waals surface area (Å²) in [6.45, 7) is 5.12. The Hall–Kier alpha value is -1.84. The number of carbonyl (C=O) groups is 1. The van der Waals surface area contributed by atoms with Gasteiger partial charge in [-0.2, -0.15) is 5.10 Å². The van der Waals surface area contributed by atoms with Crippen molar-refractivity contribution in [1.29, 1.82) is 0 Å². The van der Waals surface area contributed by atoms with Gasteiger partial charge in [-0.15, -0.1) is 0 Å². The summed E-state index contributed by atoms with van der Waals surface area (Å²) in [4.78, 5) is 12.8. The topological polar surface area (TPSA) is 35.9 Å². The molecule has 0 N–H and O–H groups in total. The first kappa shape index (κ1) is 11.6. The zero-order chi connectivity index (χ0) is 12.3. The molecule has 0 aliphatic carbocycles. The molecule has 0 atom stereocenters. The molecule has 1 aliphatic rings. The summed E-state index contributed by atoms with van der Waals surface area (Å²) in [6.07, 6.45) is 2.64. The fourth-order valence-corrected chi connectivity index (χ4v) is 1.78.